The van der Waals surface area contributed by atoms with Crippen LogP contribution in [0.5, 0.6) is 0 Å². The Balaban J connectivity index is 0.00000261. The van der Waals surface area contributed by atoms with E-state index in [1.807, 2.05) is 54.0 Å². The molecule has 144 valence electrons. The van der Waals surface area contributed by atoms with Gasteiger partial charge in [0.25, 0.3) is 0 Å². The smallest absolute Gasteiger partial charge is 0.191 e. The van der Waals surface area contributed by atoms with Crippen molar-refractivity contribution >= 4 is 35.6 Å². The minimum Gasteiger partial charge on any atom is -0.357 e. The van der Waals surface area contributed by atoms with Gasteiger partial charge in [0.15, 0.2) is 5.96 Å². The third-order valence-corrected chi connectivity index (χ3v) is 4.02. The molecule has 2 N–H and O–H groups in total. The molecule has 3 rings (SSSR count). The fourth-order valence-corrected chi connectivity index (χ4v) is 2.71. The topological polar surface area (TPSA) is 53.7 Å². The Labute approximate surface area is 176 Å². The average Bonchev–Trinajstić information content (AvgIpc) is 3.06. The molecule has 0 saturated carbocycles. The summed E-state index contributed by atoms with van der Waals surface area (Å²) in [6, 6.07) is 12.6. The lowest BCUT2D eigenvalue weighted by Crippen LogP contribution is -2.38. The highest BCUT2D eigenvalue weighted by atomic mass is 127. The summed E-state index contributed by atoms with van der Waals surface area (Å²) in [5.41, 5.74) is 3.08. The second kappa shape index (κ2) is 10.9. The zero-order valence-corrected chi connectivity index (χ0v) is 17.7. The number of benzene rings is 1. The van der Waals surface area contributed by atoms with Crippen LogP contribution in [-0.4, -0.2) is 35.0 Å². The van der Waals surface area contributed by atoms with E-state index in [2.05, 4.69) is 20.6 Å². The van der Waals surface area contributed by atoms with Gasteiger partial charge >= 0.3 is 0 Å². The predicted molar refractivity (Wildman–Crippen MR) is 118 cm³/mol. The van der Waals surface area contributed by atoms with Crippen LogP contribution in [0.15, 0.2) is 59.9 Å². The summed E-state index contributed by atoms with van der Waals surface area (Å²) < 4.78 is 15.0. The van der Waals surface area contributed by atoms with Crippen LogP contribution >= 0.6 is 24.0 Å². The fourth-order valence-electron chi connectivity index (χ4n) is 2.71. The van der Waals surface area contributed by atoms with E-state index in [0.717, 1.165) is 48.8 Å². The molecule has 27 heavy (non-hydrogen) atoms. The van der Waals surface area contributed by atoms with Crippen LogP contribution in [0.3, 0.4) is 0 Å². The second-order valence-corrected chi connectivity index (χ2v) is 6.01. The molecule has 1 aromatic carbocycles. The van der Waals surface area contributed by atoms with Gasteiger partial charge in [0, 0.05) is 38.4 Å². The first-order valence-electron chi connectivity index (χ1n) is 8.94. The summed E-state index contributed by atoms with van der Waals surface area (Å²) in [6.07, 6.45) is 5.64. The van der Waals surface area contributed by atoms with Crippen LogP contribution in [0.1, 0.15) is 18.2 Å². The van der Waals surface area contributed by atoms with Crippen molar-refractivity contribution in [3.63, 3.8) is 0 Å². The molecule has 3 aromatic rings. The molecule has 0 unspecified atom stereocenters. The number of hydrogen-bond donors (Lipinski definition) is 2. The maximum atomic E-state index is 12.9. The van der Waals surface area contributed by atoms with Crippen molar-refractivity contribution in [2.45, 2.75) is 19.8 Å². The van der Waals surface area contributed by atoms with Gasteiger partial charge in [-0.3, -0.25) is 4.99 Å². The molecule has 0 atom stereocenters. The van der Waals surface area contributed by atoms with Gasteiger partial charge in [-0.25, -0.2) is 9.37 Å². The first-order chi connectivity index (χ1) is 12.7. The first-order valence-corrected chi connectivity index (χ1v) is 8.94. The van der Waals surface area contributed by atoms with Gasteiger partial charge in [-0.15, -0.1) is 24.0 Å². The van der Waals surface area contributed by atoms with Crippen LogP contribution in [0.25, 0.3) is 5.65 Å². The monoisotopic (exact) mass is 481 g/mol. The van der Waals surface area contributed by atoms with E-state index in [9.17, 15) is 4.39 Å². The average molecular weight is 481 g/mol. The molecule has 0 aliphatic heterocycles. The fraction of sp³-hybridized carbons (Fsp3) is 0.300. The Morgan fingerprint density at radius 1 is 1.11 bits per heavy atom. The minimum absolute atomic E-state index is 0. The lowest BCUT2D eigenvalue weighted by atomic mass is 10.1. The molecule has 0 aliphatic rings. The van der Waals surface area contributed by atoms with Gasteiger partial charge in [0.2, 0.25) is 0 Å². The number of aliphatic imine (C=N–C) groups is 1. The summed E-state index contributed by atoms with van der Waals surface area (Å²) in [4.78, 5) is 9.20. The summed E-state index contributed by atoms with van der Waals surface area (Å²) in [6.45, 7) is 4.25. The van der Waals surface area contributed by atoms with Crippen molar-refractivity contribution < 1.29 is 4.39 Å². The number of imidazole rings is 1. The van der Waals surface area contributed by atoms with Crippen LogP contribution in [-0.2, 0) is 12.8 Å². The van der Waals surface area contributed by atoms with Crippen LogP contribution in [0.2, 0.25) is 0 Å². The molecule has 7 heteroatoms. The van der Waals surface area contributed by atoms with Crippen LogP contribution in [0.4, 0.5) is 4.39 Å². The zero-order valence-electron chi connectivity index (χ0n) is 15.4. The van der Waals surface area contributed by atoms with Crippen LogP contribution < -0.4 is 10.6 Å². The SMILES string of the molecule is CCNC(=NCCc1cn2ccccc2n1)NCCc1ccc(F)cc1.I. The van der Waals surface area contributed by atoms with E-state index < -0.39 is 0 Å². The Morgan fingerprint density at radius 2 is 1.93 bits per heavy atom. The van der Waals surface area contributed by atoms with Crippen molar-refractivity contribution in [3.05, 3.63) is 71.9 Å². The van der Waals surface area contributed by atoms with Gasteiger partial charge in [0.05, 0.1) is 5.69 Å². The number of aromatic nitrogens is 2. The number of nitrogens with zero attached hydrogens (tertiary/aromatic N) is 3. The molecular formula is C20H25FIN5. The Morgan fingerprint density at radius 3 is 2.67 bits per heavy atom. The van der Waals surface area contributed by atoms with Gasteiger partial charge in [-0.05, 0) is 43.2 Å². The molecule has 5 nitrogen and oxygen atoms in total. The summed E-state index contributed by atoms with van der Waals surface area (Å²) >= 11 is 0. The molecular weight excluding hydrogens is 456 g/mol. The van der Waals surface area contributed by atoms with Crippen molar-refractivity contribution in [1.82, 2.24) is 20.0 Å². The van der Waals surface area contributed by atoms with Crippen LogP contribution in [0, 0.1) is 5.82 Å². The lowest BCUT2D eigenvalue weighted by Gasteiger charge is -2.11. The van der Waals surface area contributed by atoms with E-state index in [1.54, 1.807) is 0 Å². The lowest BCUT2D eigenvalue weighted by molar-refractivity contribution is 0.626. The molecule has 2 aromatic heterocycles. The molecule has 0 fully saturated rings. The third kappa shape index (κ3) is 6.50. The molecule has 0 aliphatic carbocycles. The molecule has 0 amide bonds. The zero-order chi connectivity index (χ0) is 18.2. The van der Waals surface area contributed by atoms with E-state index in [-0.39, 0.29) is 29.8 Å². The predicted octanol–water partition coefficient (Wildman–Crippen LogP) is 3.43. The maximum Gasteiger partial charge on any atom is 0.191 e. The Bertz CT molecular complexity index is 827. The number of fused-ring (bicyclic) bond motifs is 1. The summed E-state index contributed by atoms with van der Waals surface area (Å²) in [5, 5.41) is 6.56. The number of rotatable bonds is 7. The van der Waals surface area contributed by atoms with Gasteiger partial charge in [0.1, 0.15) is 11.5 Å². The molecule has 0 spiro atoms. The van der Waals surface area contributed by atoms with Gasteiger partial charge in [-0.1, -0.05) is 18.2 Å². The standard InChI is InChI=1S/C20H24FN5.HI/c1-2-22-20(23-12-10-16-6-8-17(21)9-7-16)24-13-11-18-15-26-14-4-3-5-19(26)25-18;/h3-9,14-15H,2,10-13H2,1H3,(H2,22,23,24);1H. The minimum atomic E-state index is -0.205. The first kappa shape index (κ1) is 21.1. The van der Waals surface area contributed by atoms with Gasteiger partial charge in [-0.2, -0.15) is 0 Å². The largest absolute Gasteiger partial charge is 0.357 e. The second-order valence-electron chi connectivity index (χ2n) is 6.01. The highest BCUT2D eigenvalue weighted by Crippen LogP contribution is 2.05. The number of guanidine groups is 1. The number of nitrogens with one attached hydrogen (secondary N) is 2. The van der Waals surface area contributed by atoms with E-state index in [0.29, 0.717) is 6.54 Å². The Hall–Kier alpha value is -2.16. The van der Waals surface area contributed by atoms with Gasteiger partial charge < -0.3 is 15.0 Å². The number of halogens is 2. The van der Waals surface area contributed by atoms with Crippen molar-refractivity contribution in [2.75, 3.05) is 19.6 Å². The van der Waals surface area contributed by atoms with Crippen molar-refractivity contribution in [1.29, 1.82) is 0 Å². The summed E-state index contributed by atoms with van der Waals surface area (Å²) in [5.74, 6) is 0.585. The highest BCUT2D eigenvalue weighted by Gasteiger charge is 2.02. The molecule has 0 bridgehead atoms. The molecule has 2 heterocycles. The quantitative estimate of drug-likeness (QED) is 0.309. The van der Waals surface area contributed by atoms with E-state index in [4.69, 9.17) is 0 Å². The van der Waals surface area contributed by atoms with Crippen molar-refractivity contribution in [3.8, 4) is 0 Å². The number of pyridine rings is 1. The molecule has 0 saturated heterocycles. The van der Waals surface area contributed by atoms with E-state index >= 15 is 0 Å². The maximum absolute atomic E-state index is 12.9. The summed E-state index contributed by atoms with van der Waals surface area (Å²) in [7, 11) is 0. The highest BCUT2D eigenvalue weighted by molar-refractivity contribution is 14.0. The Kier molecular flexibility index (Phi) is 8.50. The van der Waals surface area contributed by atoms with Crippen molar-refractivity contribution in [2.24, 2.45) is 4.99 Å². The normalized spacial score (nSPS) is 11.3. The number of hydrogen-bond acceptors (Lipinski definition) is 2. The molecule has 0 radical (unpaired) electrons. The third-order valence-electron chi connectivity index (χ3n) is 4.02. The van der Waals surface area contributed by atoms with E-state index in [1.165, 1.54) is 12.1 Å².